The highest BCUT2D eigenvalue weighted by Crippen LogP contribution is 2.24. The molecule has 7 heteroatoms. The number of carbonyl (C=O) groups is 2. The molecule has 0 saturated carbocycles. The van der Waals surface area contributed by atoms with E-state index in [0.717, 1.165) is 17.4 Å². The summed E-state index contributed by atoms with van der Waals surface area (Å²) in [6.07, 6.45) is 1.23. The van der Waals surface area contributed by atoms with Gasteiger partial charge in [-0.1, -0.05) is 15.9 Å². The fourth-order valence-corrected chi connectivity index (χ4v) is 2.20. The number of ketones is 1. The maximum Gasteiger partial charge on any atom is 0.220 e. The number of nitrogens with one attached hydrogen (secondary N) is 2. The Hall–Kier alpha value is -1.11. The van der Waals surface area contributed by atoms with Crippen molar-refractivity contribution in [3.63, 3.8) is 0 Å². The molecule has 0 aliphatic heterocycles. The van der Waals surface area contributed by atoms with Crippen molar-refractivity contribution in [3.8, 4) is 5.75 Å². The molecule has 1 aromatic carbocycles. The molecule has 1 amide bonds. The number of benzene rings is 1. The molecule has 2 N–H and O–H groups in total. The van der Waals surface area contributed by atoms with Crippen LogP contribution >= 0.6 is 28.3 Å². The van der Waals surface area contributed by atoms with Gasteiger partial charge in [0.2, 0.25) is 5.91 Å². The van der Waals surface area contributed by atoms with Gasteiger partial charge in [-0.25, -0.2) is 0 Å². The molecule has 5 nitrogen and oxygen atoms in total. The summed E-state index contributed by atoms with van der Waals surface area (Å²) in [4.78, 5) is 23.8. The quantitative estimate of drug-likeness (QED) is 0.500. The number of amides is 1. The summed E-state index contributed by atoms with van der Waals surface area (Å²) in [7, 11) is 3.39. The molecule has 0 aliphatic carbocycles. The lowest BCUT2D eigenvalue weighted by atomic mass is 10.1. The number of methoxy groups -OCH3 is 1. The van der Waals surface area contributed by atoms with E-state index in [0.29, 0.717) is 17.9 Å². The summed E-state index contributed by atoms with van der Waals surface area (Å²) >= 11 is 3.33. The maximum absolute atomic E-state index is 12.2. The van der Waals surface area contributed by atoms with Crippen molar-refractivity contribution >= 4 is 40.0 Å². The van der Waals surface area contributed by atoms with Crippen LogP contribution in [0, 0.1) is 0 Å². The molecule has 0 bridgehead atoms. The lowest BCUT2D eigenvalue weighted by Gasteiger charge is -2.08. The number of halogens is 2. The molecule has 0 unspecified atom stereocenters. The molecule has 0 atom stereocenters. The minimum atomic E-state index is -0.103. The van der Waals surface area contributed by atoms with E-state index in [1.54, 1.807) is 12.1 Å². The number of rotatable bonds is 9. The minimum Gasteiger partial charge on any atom is -0.496 e. The van der Waals surface area contributed by atoms with Gasteiger partial charge in [-0.2, -0.15) is 0 Å². The van der Waals surface area contributed by atoms with Gasteiger partial charge in [-0.3, -0.25) is 9.59 Å². The number of carbonyl (C=O) groups excluding carboxylic acids is 2. The average Bonchev–Trinajstić information content (AvgIpc) is 2.49. The van der Waals surface area contributed by atoms with E-state index in [1.807, 2.05) is 13.1 Å². The zero-order valence-electron chi connectivity index (χ0n) is 12.8. The predicted octanol–water partition coefficient (Wildman–Crippen LogP) is 2.57. The summed E-state index contributed by atoms with van der Waals surface area (Å²) in [6.45, 7) is 1.47. The van der Waals surface area contributed by atoms with Crippen LogP contribution < -0.4 is 15.4 Å². The third kappa shape index (κ3) is 7.24. The zero-order valence-corrected chi connectivity index (χ0v) is 15.2. The van der Waals surface area contributed by atoms with E-state index in [1.165, 1.54) is 7.11 Å². The molecule has 1 rings (SSSR count). The summed E-state index contributed by atoms with van der Waals surface area (Å²) in [5.74, 6) is 0.324. The molecule has 0 spiro atoms. The van der Waals surface area contributed by atoms with E-state index >= 15 is 0 Å². The Morgan fingerprint density at radius 1 is 1.23 bits per heavy atom. The van der Waals surface area contributed by atoms with Gasteiger partial charge in [0, 0.05) is 23.9 Å². The first-order valence-corrected chi connectivity index (χ1v) is 7.65. The van der Waals surface area contributed by atoms with Crippen molar-refractivity contribution in [1.29, 1.82) is 0 Å². The van der Waals surface area contributed by atoms with Gasteiger partial charge in [0.05, 0.1) is 12.7 Å². The van der Waals surface area contributed by atoms with E-state index in [4.69, 9.17) is 4.74 Å². The summed E-state index contributed by atoms with van der Waals surface area (Å²) in [6, 6.07) is 5.26. The molecule has 0 fully saturated rings. The Morgan fingerprint density at radius 2 is 1.95 bits per heavy atom. The van der Waals surface area contributed by atoms with Gasteiger partial charge >= 0.3 is 0 Å². The standard InChI is InChI=1S/C15H21BrN2O3.ClH/c1-17-8-3-9-18-15(20)7-5-13(19)12-10-11(16)4-6-14(12)21-2;/h4,6,10,17H,3,5,7-9H2,1-2H3,(H,18,20);1H. The monoisotopic (exact) mass is 392 g/mol. The summed E-state index contributed by atoms with van der Waals surface area (Å²) in [5.41, 5.74) is 0.495. The van der Waals surface area contributed by atoms with Crippen LogP contribution in [0.15, 0.2) is 22.7 Å². The Labute approximate surface area is 145 Å². The van der Waals surface area contributed by atoms with Crippen molar-refractivity contribution < 1.29 is 14.3 Å². The van der Waals surface area contributed by atoms with Crippen molar-refractivity contribution in [2.45, 2.75) is 19.3 Å². The largest absolute Gasteiger partial charge is 0.496 e. The summed E-state index contributed by atoms with van der Waals surface area (Å²) < 4.78 is 5.98. The fraction of sp³-hybridized carbons (Fsp3) is 0.467. The molecule has 1 aromatic rings. The first-order valence-electron chi connectivity index (χ1n) is 6.86. The zero-order chi connectivity index (χ0) is 15.7. The maximum atomic E-state index is 12.2. The molecule has 0 saturated heterocycles. The van der Waals surface area contributed by atoms with Crippen LogP contribution in [0.2, 0.25) is 0 Å². The molecule has 22 heavy (non-hydrogen) atoms. The summed E-state index contributed by atoms with van der Waals surface area (Å²) in [5, 5.41) is 5.80. The molecule has 0 aromatic heterocycles. The van der Waals surface area contributed by atoms with Crippen LogP contribution in [0.25, 0.3) is 0 Å². The Balaban J connectivity index is 0.00000441. The van der Waals surface area contributed by atoms with Gasteiger partial charge in [0.1, 0.15) is 5.75 Å². The number of Topliss-reactive ketones (excluding diaryl/α,β-unsaturated/α-hetero) is 1. The van der Waals surface area contributed by atoms with Gasteiger partial charge in [-0.15, -0.1) is 12.4 Å². The molecule has 0 aliphatic rings. The third-order valence-corrected chi connectivity index (χ3v) is 3.46. The molecular weight excluding hydrogens is 372 g/mol. The van der Waals surface area contributed by atoms with Gasteiger partial charge in [0.15, 0.2) is 5.78 Å². The average molecular weight is 394 g/mol. The Kier molecular flexibility index (Phi) is 10.9. The van der Waals surface area contributed by atoms with Crippen LogP contribution in [-0.4, -0.2) is 38.9 Å². The van der Waals surface area contributed by atoms with Crippen molar-refractivity contribution in [2.24, 2.45) is 0 Å². The van der Waals surface area contributed by atoms with Gasteiger partial charge in [-0.05, 0) is 38.2 Å². The van der Waals surface area contributed by atoms with Crippen molar-refractivity contribution in [3.05, 3.63) is 28.2 Å². The normalized spacial score (nSPS) is 9.77. The second-order valence-electron chi connectivity index (χ2n) is 4.57. The van der Waals surface area contributed by atoms with E-state index in [-0.39, 0.29) is 36.9 Å². The van der Waals surface area contributed by atoms with E-state index in [9.17, 15) is 9.59 Å². The van der Waals surface area contributed by atoms with E-state index in [2.05, 4.69) is 26.6 Å². The van der Waals surface area contributed by atoms with Crippen LogP contribution in [0.3, 0.4) is 0 Å². The van der Waals surface area contributed by atoms with Crippen LogP contribution in [0.4, 0.5) is 0 Å². The SMILES string of the molecule is CNCCCNC(=O)CCC(=O)c1cc(Br)ccc1OC.Cl. The first kappa shape index (κ1) is 20.9. The first-order chi connectivity index (χ1) is 10.1. The number of ether oxygens (including phenoxy) is 1. The van der Waals surface area contributed by atoms with Crippen molar-refractivity contribution in [1.82, 2.24) is 10.6 Å². The Bertz CT molecular complexity index is 498. The Morgan fingerprint density at radius 3 is 2.59 bits per heavy atom. The van der Waals surface area contributed by atoms with Gasteiger partial charge in [0.25, 0.3) is 0 Å². The van der Waals surface area contributed by atoms with Crippen LogP contribution in [0.1, 0.15) is 29.6 Å². The molecule has 0 heterocycles. The molecule has 0 radical (unpaired) electrons. The second kappa shape index (κ2) is 11.5. The van der Waals surface area contributed by atoms with Crippen LogP contribution in [-0.2, 0) is 4.79 Å². The molecule has 124 valence electrons. The highest BCUT2D eigenvalue weighted by Gasteiger charge is 2.14. The van der Waals surface area contributed by atoms with Crippen LogP contribution in [0.5, 0.6) is 5.75 Å². The number of hydrogen-bond acceptors (Lipinski definition) is 4. The highest BCUT2D eigenvalue weighted by atomic mass is 79.9. The number of hydrogen-bond donors (Lipinski definition) is 2. The lowest BCUT2D eigenvalue weighted by Crippen LogP contribution is -2.26. The topological polar surface area (TPSA) is 67.4 Å². The third-order valence-electron chi connectivity index (χ3n) is 2.97. The highest BCUT2D eigenvalue weighted by molar-refractivity contribution is 9.10. The van der Waals surface area contributed by atoms with Crippen molar-refractivity contribution in [2.75, 3.05) is 27.2 Å². The van der Waals surface area contributed by atoms with Gasteiger partial charge < -0.3 is 15.4 Å². The lowest BCUT2D eigenvalue weighted by molar-refractivity contribution is -0.121. The fourth-order valence-electron chi connectivity index (χ4n) is 1.84. The van der Waals surface area contributed by atoms with E-state index < -0.39 is 0 Å². The second-order valence-corrected chi connectivity index (χ2v) is 5.49. The smallest absolute Gasteiger partial charge is 0.220 e. The molecular formula is C15H22BrClN2O3. The minimum absolute atomic E-state index is 0. The predicted molar refractivity (Wildman–Crippen MR) is 93.1 cm³/mol.